The topological polar surface area (TPSA) is 50.9 Å². The maximum Gasteiger partial charge on any atom is 0.340 e. The van der Waals surface area contributed by atoms with Crippen LogP contribution in [0.25, 0.3) is 10.6 Å². The normalized spacial score (nSPS) is 11.6. The Labute approximate surface area is 170 Å². The van der Waals surface area contributed by atoms with Gasteiger partial charge in [-0.05, 0) is 6.42 Å². The molecule has 1 aromatic rings. The highest BCUT2D eigenvalue weighted by molar-refractivity contribution is 5.97. The number of esters is 1. The molecule has 0 aliphatic rings. The molecule has 4 heteroatoms. The van der Waals surface area contributed by atoms with Gasteiger partial charge in [0, 0.05) is 5.56 Å². The number of benzene rings is 1. The van der Waals surface area contributed by atoms with E-state index in [0.717, 1.165) is 19.3 Å². The summed E-state index contributed by atoms with van der Waals surface area (Å²) in [5.41, 5.74) is 0.0842. The zero-order valence-corrected chi connectivity index (χ0v) is 17.3. The largest absolute Gasteiger partial charge is 0.518 e. The Hall–Kier alpha value is -2.28. The Bertz CT molecular complexity index is 616. The number of nitrogens with zero attached hydrogens (tertiary/aromatic N) is 1. The van der Waals surface area contributed by atoms with Gasteiger partial charge in [0.05, 0.1) is 13.2 Å². The maximum atomic E-state index is 12.0. The maximum absolute atomic E-state index is 12.0. The van der Waals surface area contributed by atoms with Crippen LogP contribution in [0.1, 0.15) is 89.5 Å². The lowest BCUT2D eigenvalue weighted by atomic mass is 10.1. The van der Waals surface area contributed by atoms with Gasteiger partial charge in [0.25, 0.3) is 0 Å². The Morgan fingerprint density at radius 3 is 1.89 bits per heavy atom. The van der Waals surface area contributed by atoms with E-state index in [1.807, 2.05) is 0 Å². The van der Waals surface area contributed by atoms with Gasteiger partial charge in [0.2, 0.25) is 0 Å². The Morgan fingerprint density at radius 2 is 1.39 bits per heavy atom. The molecule has 0 radical (unpaired) electrons. The van der Waals surface area contributed by atoms with E-state index in [2.05, 4.69) is 11.8 Å². The van der Waals surface area contributed by atoms with Crippen molar-refractivity contribution in [1.29, 1.82) is 0 Å². The minimum Gasteiger partial charge on any atom is -0.518 e. The van der Waals surface area contributed by atoms with Crippen LogP contribution in [0.15, 0.2) is 36.0 Å². The fourth-order valence-electron chi connectivity index (χ4n) is 3.10. The summed E-state index contributed by atoms with van der Waals surface area (Å²) in [6.07, 6.45) is 14.9. The molecule has 0 aliphatic carbocycles. The number of aliphatic hydroxyl groups excluding tert-OH is 1. The Morgan fingerprint density at radius 1 is 0.893 bits per heavy atom. The summed E-state index contributed by atoms with van der Waals surface area (Å²) in [7, 11) is 0. The van der Waals surface area contributed by atoms with Crippen LogP contribution in [0.5, 0.6) is 0 Å². The first kappa shape index (κ1) is 23.8. The molecule has 0 aromatic heterocycles. The molecular formula is C24H35NO3. The van der Waals surface area contributed by atoms with E-state index in [4.69, 9.17) is 11.3 Å². The first-order chi connectivity index (χ1) is 13.7. The van der Waals surface area contributed by atoms with Crippen molar-refractivity contribution in [3.8, 4) is 0 Å². The fourth-order valence-corrected chi connectivity index (χ4v) is 3.10. The SMILES string of the molecule is [C-]#[N+]C(C(=O)OCCCCCCCCCCCCCC)=C(O)c1ccccc1. The number of hydrogen-bond acceptors (Lipinski definition) is 3. The van der Waals surface area contributed by atoms with Crippen molar-refractivity contribution in [2.24, 2.45) is 0 Å². The number of ether oxygens (including phenoxy) is 1. The summed E-state index contributed by atoms with van der Waals surface area (Å²) in [6.45, 7) is 9.69. The molecule has 0 aliphatic heterocycles. The van der Waals surface area contributed by atoms with Gasteiger partial charge in [-0.15, -0.1) is 0 Å². The molecule has 154 valence electrons. The lowest BCUT2D eigenvalue weighted by Gasteiger charge is -2.06. The number of carbonyl (C=O) groups excluding carboxylic acids is 1. The number of unbranched alkanes of at least 4 members (excludes halogenated alkanes) is 11. The van der Waals surface area contributed by atoms with Crippen LogP contribution >= 0.6 is 0 Å². The van der Waals surface area contributed by atoms with Crippen molar-refractivity contribution < 1.29 is 14.6 Å². The molecule has 0 spiro atoms. The van der Waals surface area contributed by atoms with Crippen LogP contribution in [0.2, 0.25) is 0 Å². The number of carbonyl (C=O) groups is 1. The van der Waals surface area contributed by atoms with E-state index in [1.165, 1.54) is 57.8 Å². The fraction of sp³-hybridized carbons (Fsp3) is 0.583. The van der Waals surface area contributed by atoms with Gasteiger partial charge in [-0.2, -0.15) is 0 Å². The third-order valence-electron chi connectivity index (χ3n) is 4.81. The lowest BCUT2D eigenvalue weighted by Crippen LogP contribution is -2.09. The number of aliphatic hydroxyl groups is 1. The number of hydrogen-bond donors (Lipinski definition) is 1. The summed E-state index contributed by atoms with van der Waals surface area (Å²) in [6, 6.07) is 8.59. The van der Waals surface area contributed by atoms with Crippen molar-refractivity contribution in [2.45, 2.75) is 84.0 Å². The van der Waals surface area contributed by atoms with E-state index in [0.29, 0.717) is 5.56 Å². The van der Waals surface area contributed by atoms with Crippen LogP contribution in [0.4, 0.5) is 0 Å². The van der Waals surface area contributed by atoms with Crippen molar-refractivity contribution in [2.75, 3.05) is 6.61 Å². The van der Waals surface area contributed by atoms with Crippen molar-refractivity contribution in [3.05, 3.63) is 53.0 Å². The molecule has 0 saturated heterocycles. The monoisotopic (exact) mass is 385 g/mol. The van der Waals surface area contributed by atoms with Gasteiger partial charge < -0.3 is 9.84 Å². The summed E-state index contributed by atoms with van der Waals surface area (Å²) in [5, 5.41) is 10.1. The van der Waals surface area contributed by atoms with Gasteiger partial charge in [-0.25, -0.2) is 4.85 Å². The van der Waals surface area contributed by atoms with E-state index >= 15 is 0 Å². The third kappa shape index (κ3) is 10.2. The molecular weight excluding hydrogens is 350 g/mol. The average Bonchev–Trinajstić information content (AvgIpc) is 2.72. The van der Waals surface area contributed by atoms with Crippen LogP contribution in [0.3, 0.4) is 0 Å². The van der Waals surface area contributed by atoms with Crippen LogP contribution in [-0.4, -0.2) is 17.7 Å². The first-order valence-corrected chi connectivity index (χ1v) is 10.7. The van der Waals surface area contributed by atoms with Crippen LogP contribution in [0, 0.1) is 6.57 Å². The standard InChI is InChI=1S/C24H35NO3/c1-3-4-5-6-7-8-9-10-11-12-13-17-20-28-24(27)22(25-2)23(26)21-18-15-14-16-19-21/h14-16,18-19,26H,3-13,17,20H2,1H3. The van der Waals surface area contributed by atoms with E-state index < -0.39 is 5.97 Å². The van der Waals surface area contributed by atoms with Gasteiger partial charge in [-0.3, -0.25) is 4.79 Å². The zero-order valence-electron chi connectivity index (χ0n) is 17.3. The van der Waals surface area contributed by atoms with Crippen LogP contribution in [-0.2, 0) is 9.53 Å². The summed E-state index contributed by atoms with van der Waals surface area (Å²) in [4.78, 5) is 15.2. The van der Waals surface area contributed by atoms with Gasteiger partial charge in [0.1, 0.15) is 5.76 Å². The van der Waals surface area contributed by atoms with Crippen molar-refractivity contribution in [1.82, 2.24) is 0 Å². The van der Waals surface area contributed by atoms with E-state index in [-0.39, 0.29) is 18.1 Å². The molecule has 0 fully saturated rings. The minimum absolute atomic E-state index is 0.289. The predicted molar refractivity (Wildman–Crippen MR) is 115 cm³/mol. The average molecular weight is 386 g/mol. The first-order valence-electron chi connectivity index (χ1n) is 10.7. The number of rotatable bonds is 15. The van der Waals surface area contributed by atoms with Gasteiger partial charge in [-0.1, -0.05) is 108 Å². The molecule has 4 nitrogen and oxygen atoms in total. The molecule has 0 atom stereocenters. The Kier molecular flexibility index (Phi) is 13.4. The van der Waals surface area contributed by atoms with Gasteiger partial charge in [0.15, 0.2) is 0 Å². The molecule has 1 aromatic carbocycles. The second-order valence-electron chi connectivity index (χ2n) is 7.20. The zero-order chi connectivity index (χ0) is 20.5. The minimum atomic E-state index is -0.751. The van der Waals surface area contributed by atoms with Crippen molar-refractivity contribution in [3.63, 3.8) is 0 Å². The molecule has 0 amide bonds. The second-order valence-corrected chi connectivity index (χ2v) is 7.20. The van der Waals surface area contributed by atoms with E-state index in [1.54, 1.807) is 30.3 Å². The Balaban J connectivity index is 2.11. The molecule has 1 rings (SSSR count). The highest BCUT2D eigenvalue weighted by Crippen LogP contribution is 2.18. The molecule has 0 heterocycles. The highest BCUT2D eigenvalue weighted by atomic mass is 16.5. The molecule has 0 unspecified atom stereocenters. The quantitative estimate of drug-likeness (QED) is 0.115. The molecule has 0 bridgehead atoms. The van der Waals surface area contributed by atoms with Crippen LogP contribution < -0.4 is 0 Å². The predicted octanol–water partition coefficient (Wildman–Crippen LogP) is 7.08. The van der Waals surface area contributed by atoms with Gasteiger partial charge >= 0.3 is 11.7 Å². The molecule has 1 N–H and O–H groups in total. The molecule has 0 saturated carbocycles. The highest BCUT2D eigenvalue weighted by Gasteiger charge is 2.18. The van der Waals surface area contributed by atoms with E-state index in [9.17, 15) is 9.90 Å². The summed E-state index contributed by atoms with van der Waals surface area (Å²) in [5.74, 6) is -1.07. The third-order valence-corrected chi connectivity index (χ3v) is 4.81. The second kappa shape index (κ2) is 15.7. The smallest absolute Gasteiger partial charge is 0.340 e. The van der Waals surface area contributed by atoms with Crippen molar-refractivity contribution >= 4 is 11.7 Å². The lowest BCUT2D eigenvalue weighted by molar-refractivity contribution is -0.138. The summed E-state index contributed by atoms with van der Waals surface area (Å²) < 4.78 is 5.16. The molecule has 28 heavy (non-hydrogen) atoms. The summed E-state index contributed by atoms with van der Waals surface area (Å²) >= 11 is 0.